The first kappa shape index (κ1) is 13.2. The SMILES string of the molecule is ClCCCC1CCNC(c2ccccc2Cl)C1. The van der Waals surface area contributed by atoms with E-state index in [1.165, 1.54) is 24.8 Å². The summed E-state index contributed by atoms with van der Waals surface area (Å²) in [6.07, 6.45) is 4.81. The molecule has 1 fully saturated rings. The predicted molar refractivity (Wildman–Crippen MR) is 74.9 cm³/mol. The number of nitrogens with one attached hydrogen (secondary N) is 1. The van der Waals surface area contributed by atoms with Crippen LogP contribution in [0.15, 0.2) is 24.3 Å². The van der Waals surface area contributed by atoms with E-state index in [0.717, 1.165) is 29.8 Å². The number of halogens is 2. The standard InChI is InChI=1S/C14H19Cl2N/c15-8-3-4-11-7-9-17-14(10-11)12-5-1-2-6-13(12)16/h1-2,5-6,11,14,17H,3-4,7-10H2. The van der Waals surface area contributed by atoms with Crippen molar-refractivity contribution in [2.24, 2.45) is 5.92 Å². The van der Waals surface area contributed by atoms with Gasteiger partial charge in [-0.05, 0) is 49.8 Å². The zero-order valence-electron chi connectivity index (χ0n) is 9.96. The molecule has 1 aromatic rings. The molecule has 1 aromatic carbocycles. The fourth-order valence-corrected chi connectivity index (χ4v) is 3.04. The van der Waals surface area contributed by atoms with E-state index in [9.17, 15) is 0 Å². The number of benzene rings is 1. The minimum atomic E-state index is 0.415. The van der Waals surface area contributed by atoms with Crippen LogP contribution in [-0.4, -0.2) is 12.4 Å². The lowest BCUT2D eigenvalue weighted by atomic mass is 9.86. The van der Waals surface area contributed by atoms with Crippen molar-refractivity contribution in [2.45, 2.75) is 31.7 Å². The molecule has 0 amide bonds. The number of rotatable bonds is 4. The Labute approximate surface area is 114 Å². The summed E-state index contributed by atoms with van der Waals surface area (Å²) >= 11 is 12.0. The average Bonchev–Trinajstić information content (AvgIpc) is 2.37. The van der Waals surface area contributed by atoms with E-state index < -0.39 is 0 Å². The molecule has 94 valence electrons. The smallest absolute Gasteiger partial charge is 0.0453 e. The monoisotopic (exact) mass is 271 g/mol. The Morgan fingerprint density at radius 2 is 2.12 bits per heavy atom. The maximum Gasteiger partial charge on any atom is 0.0453 e. The van der Waals surface area contributed by atoms with Crippen LogP contribution in [0, 0.1) is 5.92 Å². The zero-order valence-corrected chi connectivity index (χ0v) is 11.5. The Morgan fingerprint density at radius 3 is 2.88 bits per heavy atom. The molecule has 2 rings (SSSR count). The number of hydrogen-bond donors (Lipinski definition) is 1. The van der Waals surface area contributed by atoms with Gasteiger partial charge in [-0.3, -0.25) is 0 Å². The van der Waals surface area contributed by atoms with Gasteiger partial charge in [0.15, 0.2) is 0 Å². The largest absolute Gasteiger partial charge is 0.310 e. The van der Waals surface area contributed by atoms with Gasteiger partial charge < -0.3 is 5.32 Å². The lowest BCUT2D eigenvalue weighted by Gasteiger charge is -2.31. The van der Waals surface area contributed by atoms with Gasteiger partial charge in [0, 0.05) is 16.9 Å². The van der Waals surface area contributed by atoms with Crippen LogP contribution in [0.25, 0.3) is 0 Å². The lowest BCUT2D eigenvalue weighted by Crippen LogP contribution is -2.32. The van der Waals surface area contributed by atoms with Crippen molar-refractivity contribution in [2.75, 3.05) is 12.4 Å². The second-order valence-electron chi connectivity index (χ2n) is 4.75. The topological polar surface area (TPSA) is 12.0 Å². The Hall–Kier alpha value is -0.240. The summed E-state index contributed by atoms with van der Waals surface area (Å²) in [4.78, 5) is 0. The molecular formula is C14H19Cl2N. The van der Waals surface area contributed by atoms with Crippen molar-refractivity contribution in [3.05, 3.63) is 34.9 Å². The fraction of sp³-hybridized carbons (Fsp3) is 0.571. The van der Waals surface area contributed by atoms with Gasteiger partial charge in [-0.15, -0.1) is 11.6 Å². The number of alkyl halides is 1. The highest BCUT2D eigenvalue weighted by Crippen LogP contribution is 2.33. The van der Waals surface area contributed by atoms with Crippen molar-refractivity contribution in [1.29, 1.82) is 0 Å². The molecule has 0 spiro atoms. The van der Waals surface area contributed by atoms with Crippen molar-refractivity contribution < 1.29 is 0 Å². The Balaban J connectivity index is 1.99. The molecule has 1 N–H and O–H groups in total. The molecule has 0 saturated carbocycles. The molecule has 2 unspecified atom stereocenters. The van der Waals surface area contributed by atoms with Crippen LogP contribution < -0.4 is 5.32 Å². The third-order valence-corrected chi connectivity index (χ3v) is 4.15. The maximum atomic E-state index is 6.25. The van der Waals surface area contributed by atoms with Crippen molar-refractivity contribution in [3.8, 4) is 0 Å². The normalized spacial score (nSPS) is 24.8. The summed E-state index contributed by atoms with van der Waals surface area (Å²) in [7, 11) is 0. The first-order valence-corrected chi connectivity index (χ1v) is 7.26. The van der Waals surface area contributed by atoms with Crippen LogP contribution >= 0.6 is 23.2 Å². The van der Waals surface area contributed by atoms with E-state index in [0.29, 0.717) is 6.04 Å². The van der Waals surface area contributed by atoms with E-state index in [-0.39, 0.29) is 0 Å². The van der Waals surface area contributed by atoms with Crippen molar-refractivity contribution in [1.82, 2.24) is 5.32 Å². The molecular weight excluding hydrogens is 253 g/mol. The van der Waals surface area contributed by atoms with Crippen LogP contribution in [0.2, 0.25) is 5.02 Å². The molecule has 2 atom stereocenters. The van der Waals surface area contributed by atoms with E-state index in [1.807, 2.05) is 12.1 Å². The molecule has 1 aliphatic heterocycles. The third-order valence-electron chi connectivity index (χ3n) is 3.54. The molecule has 17 heavy (non-hydrogen) atoms. The van der Waals surface area contributed by atoms with Gasteiger partial charge in [0.1, 0.15) is 0 Å². The summed E-state index contributed by atoms with van der Waals surface area (Å²) in [5, 5.41) is 4.44. The molecule has 1 aliphatic rings. The zero-order chi connectivity index (χ0) is 12.1. The van der Waals surface area contributed by atoms with Crippen molar-refractivity contribution in [3.63, 3.8) is 0 Å². The number of piperidine rings is 1. The van der Waals surface area contributed by atoms with Crippen LogP contribution in [0.1, 0.15) is 37.3 Å². The second-order valence-corrected chi connectivity index (χ2v) is 5.54. The third kappa shape index (κ3) is 3.61. The van der Waals surface area contributed by atoms with Gasteiger partial charge in [0.2, 0.25) is 0 Å². The fourth-order valence-electron chi connectivity index (χ4n) is 2.62. The van der Waals surface area contributed by atoms with Crippen LogP contribution in [0.5, 0.6) is 0 Å². The summed E-state index contributed by atoms with van der Waals surface area (Å²) in [5.41, 5.74) is 1.24. The highest BCUT2D eigenvalue weighted by atomic mass is 35.5. The quantitative estimate of drug-likeness (QED) is 0.801. The predicted octanol–water partition coefficient (Wildman–Crippen LogP) is 4.40. The van der Waals surface area contributed by atoms with Gasteiger partial charge in [-0.2, -0.15) is 0 Å². The van der Waals surface area contributed by atoms with Crippen LogP contribution in [0.3, 0.4) is 0 Å². The summed E-state index contributed by atoms with van der Waals surface area (Å²) < 4.78 is 0. The Bertz CT molecular complexity index is 354. The van der Waals surface area contributed by atoms with Gasteiger partial charge in [0.05, 0.1) is 0 Å². The van der Waals surface area contributed by atoms with E-state index >= 15 is 0 Å². The first-order valence-electron chi connectivity index (χ1n) is 6.35. The van der Waals surface area contributed by atoms with Crippen LogP contribution in [-0.2, 0) is 0 Å². The minimum absolute atomic E-state index is 0.415. The molecule has 0 aromatic heterocycles. The highest BCUT2D eigenvalue weighted by molar-refractivity contribution is 6.31. The second kappa shape index (κ2) is 6.63. The molecule has 3 heteroatoms. The average molecular weight is 272 g/mol. The number of hydrogen-bond acceptors (Lipinski definition) is 1. The minimum Gasteiger partial charge on any atom is -0.310 e. The Kier molecular flexibility index (Phi) is 5.15. The molecule has 1 heterocycles. The lowest BCUT2D eigenvalue weighted by molar-refractivity contribution is 0.290. The highest BCUT2D eigenvalue weighted by Gasteiger charge is 2.23. The summed E-state index contributed by atoms with van der Waals surface area (Å²) in [5.74, 6) is 1.57. The van der Waals surface area contributed by atoms with Gasteiger partial charge in [-0.1, -0.05) is 29.8 Å². The van der Waals surface area contributed by atoms with E-state index in [1.54, 1.807) is 0 Å². The molecule has 0 radical (unpaired) electrons. The summed E-state index contributed by atoms with van der Waals surface area (Å²) in [6.45, 7) is 1.09. The van der Waals surface area contributed by atoms with Crippen molar-refractivity contribution >= 4 is 23.2 Å². The Morgan fingerprint density at radius 1 is 1.29 bits per heavy atom. The van der Waals surface area contributed by atoms with Gasteiger partial charge in [0.25, 0.3) is 0 Å². The summed E-state index contributed by atoms with van der Waals surface area (Å²) in [6, 6.07) is 8.56. The van der Waals surface area contributed by atoms with Gasteiger partial charge >= 0.3 is 0 Å². The van der Waals surface area contributed by atoms with Gasteiger partial charge in [-0.25, -0.2) is 0 Å². The van der Waals surface area contributed by atoms with E-state index in [2.05, 4.69) is 17.4 Å². The maximum absolute atomic E-state index is 6.25. The molecule has 0 bridgehead atoms. The molecule has 0 aliphatic carbocycles. The van der Waals surface area contributed by atoms with Crippen LogP contribution in [0.4, 0.5) is 0 Å². The first-order chi connectivity index (χ1) is 8.31. The molecule has 1 nitrogen and oxygen atoms in total. The molecule has 1 saturated heterocycles. The van der Waals surface area contributed by atoms with E-state index in [4.69, 9.17) is 23.2 Å².